The molecule has 3 heterocycles. The first-order valence-electron chi connectivity index (χ1n) is 8.42. The number of thioether (sulfide) groups is 1. The van der Waals surface area contributed by atoms with Crippen LogP contribution < -0.4 is 10.6 Å². The van der Waals surface area contributed by atoms with Crippen molar-refractivity contribution in [1.29, 1.82) is 5.26 Å². The van der Waals surface area contributed by atoms with Gasteiger partial charge < -0.3 is 10.6 Å². The van der Waals surface area contributed by atoms with Crippen LogP contribution in [0, 0.1) is 11.3 Å². The van der Waals surface area contributed by atoms with Gasteiger partial charge in [-0.05, 0) is 24.1 Å². The Bertz CT molecular complexity index is 1010. The van der Waals surface area contributed by atoms with Gasteiger partial charge >= 0.3 is 12.1 Å². The second-order valence-corrected chi connectivity index (χ2v) is 6.85. The largest absolute Gasteiger partial charge is 0.459 e. The highest BCUT2D eigenvalue weighted by molar-refractivity contribution is 8.06. The fourth-order valence-electron chi connectivity index (χ4n) is 2.40. The Balaban J connectivity index is 1.73. The zero-order chi connectivity index (χ0) is 21.8. The van der Waals surface area contributed by atoms with Gasteiger partial charge in [-0.15, -0.1) is 0 Å². The van der Waals surface area contributed by atoms with E-state index in [1.54, 1.807) is 24.5 Å². The van der Waals surface area contributed by atoms with Crippen molar-refractivity contribution in [2.24, 2.45) is 0 Å². The van der Waals surface area contributed by atoms with Crippen LogP contribution in [0.1, 0.15) is 11.3 Å². The monoisotopic (exact) mass is 440 g/mol. The van der Waals surface area contributed by atoms with Gasteiger partial charge in [0, 0.05) is 30.5 Å². The summed E-state index contributed by atoms with van der Waals surface area (Å²) in [5.41, 5.74) is -0.457. The van der Waals surface area contributed by atoms with Crippen LogP contribution in [0.5, 0.6) is 0 Å². The third-order valence-corrected chi connectivity index (χ3v) is 4.80. The van der Waals surface area contributed by atoms with Crippen LogP contribution in [0.4, 0.5) is 27.9 Å². The highest BCUT2D eigenvalue weighted by Crippen LogP contribution is 2.45. The maximum Gasteiger partial charge on any atom is 0.459 e. The number of alkyl halides is 5. The van der Waals surface area contributed by atoms with Crippen molar-refractivity contribution in [1.82, 2.24) is 20.3 Å². The molecule has 2 aromatic rings. The molecule has 3 rings (SSSR count). The van der Waals surface area contributed by atoms with Crippen LogP contribution in [0.15, 0.2) is 52.9 Å². The van der Waals surface area contributed by atoms with Crippen molar-refractivity contribution in [3.63, 3.8) is 0 Å². The molecule has 6 nitrogen and oxygen atoms in total. The molecule has 12 heteroatoms. The van der Waals surface area contributed by atoms with Crippen molar-refractivity contribution < 1.29 is 22.0 Å². The van der Waals surface area contributed by atoms with Crippen molar-refractivity contribution in [2.45, 2.75) is 18.5 Å². The van der Waals surface area contributed by atoms with Gasteiger partial charge in [0.15, 0.2) is 0 Å². The molecule has 2 aromatic heterocycles. The summed E-state index contributed by atoms with van der Waals surface area (Å²) >= 11 is 0.558. The van der Waals surface area contributed by atoms with Gasteiger partial charge in [-0.2, -0.15) is 27.2 Å². The normalized spacial score (nSPS) is 15.8. The zero-order valence-corrected chi connectivity index (χ0v) is 15.9. The fraction of sp³-hybridized carbons (Fsp3) is 0.222. The lowest BCUT2D eigenvalue weighted by Crippen LogP contribution is -2.41. The lowest BCUT2D eigenvalue weighted by Gasteiger charge is -2.20. The number of nitriles is 1. The summed E-state index contributed by atoms with van der Waals surface area (Å²) < 4.78 is 64.7. The minimum atomic E-state index is -5.76. The Labute approximate surface area is 171 Å². The molecule has 0 saturated heterocycles. The van der Waals surface area contributed by atoms with Crippen LogP contribution in [0.2, 0.25) is 0 Å². The number of hydrogen-bond acceptors (Lipinski definition) is 7. The predicted molar refractivity (Wildman–Crippen MR) is 101 cm³/mol. The quantitative estimate of drug-likeness (QED) is 0.517. The highest BCUT2D eigenvalue weighted by Gasteiger charge is 2.61. The first kappa shape index (κ1) is 21.5. The Morgan fingerprint density at radius 3 is 2.67 bits per heavy atom. The first-order valence-corrected chi connectivity index (χ1v) is 9.30. The number of nitrogens with zero attached hydrogens (tertiary/aromatic N) is 4. The molecular weight excluding hydrogens is 427 g/mol. The van der Waals surface area contributed by atoms with Gasteiger partial charge in [0.05, 0.1) is 10.7 Å². The number of rotatable bonds is 6. The van der Waals surface area contributed by atoms with Gasteiger partial charge in [0.2, 0.25) is 5.95 Å². The summed E-state index contributed by atoms with van der Waals surface area (Å²) in [5.74, 6) is -4.88. The predicted octanol–water partition coefficient (Wildman–Crippen LogP) is 4.09. The fourth-order valence-corrected chi connectivity index (χ4v) is 3.28. The van der Waals surface area contributed by atoms with Crippen molar-refractivity contribution in [2.75, 3.05) is 11.9 Å². The lowest BCUT2D eigenvalue weighted by molar-refractivity contribution is -0.265. The molecule has 0 saturated carbocycles. The SMILES string of the molecule is N#C/C(=C1/NC(C(F)(F)C(F)(F)F)=CS1)c1ccnc(NCCc2cccnc2)n1. The Kier molecular flexibility index (Phi) is 6.21. The van der Waals surface area contributed by atoms with Crippen LogP contribution in [-0.2, 0) is 6.42 Å². The molecule has 0 spiro atoms. The van der Waals surface area contributed by atoms with E-state index in [0.717, 1.165) is 5.56 Å². The van der Waals surface area contributed by atoms with Crippen molar-refractivity contribution >= 4 is 23.3 Å². The molecule has 0 unspecified atom stereocenters. The maximum absolute atomic E-state index is 13.5. The molecule has 1 aliphatic rings. The molecule has 0 fully saturated rings. The Morgan fingerprint density at radius 1 is 1.20 bits per heavy atom. The van der Waals surface area contributed by atoms with Crippen LogP contribution in [0.3, 0.4) is 0 Å². The zero-order valence-electron chi connectivity index (χ0n) is 15.0. The summed E-state index contributed by atoms with van der Waals surface area (Å²) in [6.45, 7) is 0.462. The first-order chi connectivity index (χ1) is 14.2. The molecule has 156 valence electrons. The number of halogens is 5. The number of hydrogen-bond donors (Lipinski definition) is 2. The molecule has 0 atom stereocenters. The minimum Gasteiger partial charge on any atom is -0.354 e. The molecule has 0 aromatic carbocycles. The average Bonchev–Trinajstić information content (AvgIpc) is 3.19. The van der Waals surface area contributed by atoms with E-state index in [1.807, 2.05) is 11.4 Å². The summed E-state index contributed by atoms with van der Waals surface area (Å²) in [7, 11) is 0. The number of anilines is 1. The molecule has 0 radical (unpaired) electrons. The van der Waals surface area contributed by atoms with E-state index in [-0.39, 0.29) is 22.2 Å². The molecule has 0 aliphatic carbocycles. The van der Waals surface area contributed by atoms with Crippen molar-refractivity contribution in [3.05, 3.63) is 64.2 Å². The lowest BCUT2D eigenvalue weighted by atomic mass is 10.2. The summed E-state index contributed by atoms with van der Waals surface area (Å²) in [6.07, 6.45) is -0.410. The molecule has 0 amide bonds. The van der Waals surface area contributed by atoms with Crippen LogP contribution in [-0.4, -0.2) is 33.6 Å². The van der Waals surface area contributed by atoms with Gasteiger partial charge in [0.25, 0.3) is 0 Å². The van der Waals surface area contributed by atoms with E-state index in [9.17, 15) is 27.2 Å². The van der Waals surface area contributed by atoms with E-state index in [4.69, 9.17) is 0 Å². The van der Waals surface area contributed by atoms with E-state index in [0.29, 0.717) is 30.1 Å². The molecule has 1 aliphatic heterocycles. The smallest absolute Gasteiger partial charge is 0.354 e. The molecular formula is C18H13F5N6S. The summed E-state index contributed by atoms with van der Waals surface area (Å²) in [5, 5.41) is 14.8. The second-order valence-electron chi connectivity index (χ2n) is 5.97. The van der Waals surface area contributed by atoms with E-state index >= 15 is 0 Å². The highest BCUT2D eigenvalue weighted by atomic mass is 32.2. The average molecular weight is 440 g/mol. The van der Waals surface area contributed by atoms with E-state index in [2.05, 4.69) is 20.3 Å². The Hall–Kier alpha value is -3.20. The Morgan fingerprint density at radius 2 is 2.00 bits per heavy atom. The van der Waals surface area contributed by atoms with E-state index < -0.39 is 17.8 Å². The van der Waals surface area contributed by atoms with Crippen LogP contribution in [0.25, 0.3) is 5.57 Å². The van der Waals surface area contributed by atoms with Gasteiger partial charge in [-0.25, -0.2) is 9.97 Å². The van der Waals surface area contributed by atoms with Gasteiger partial charge in [0.1, 0.15) is 17.3 Å². The number of aromatic nitrogens is 3. The number of nitrogens with one attached hydrogen (secondary N) is 2. The second kappa shape index (κ2) is 8.66. The number of pyridine rings is 1. The molecule has 30 heavy (non-hydrogen) atoms. The number of allylic oxidation sites excluding steroid dienone is 2. The minimum absolute atomic E-state index is 0.0800. The third-order valence-electron chi connectivity index (χ3n) is 3.91. The van der Waals surface area contributed by atoms with Gasteiger partial charge in [-0.3, -0.25) is 4.98 Å². The molecule has 2 N–H and O–H groups in total. The molecule has 0 bridgehead atoms. The summed E-state index contributed by atoms with van der Waals surface area (Å²) in [6, 6.07) is 6.85. The third kappa shape index (κ3) is 4.68. The van der Waals surface area contributed by atoms with E-state index in [1.165, 1.54) is 12.3 Å². The van der Waals surface area contributed by atoms with Crippen LogP contribution >= 0.6 is 11.8 Å². The maximum atomic E-state index is 13.5. The topological polar surface area (TPSA) is 86.5 Å². The summed E-state index contributed by atoms with van der Waals surface area (Å²) in [4.78, 5) is 12.2. The standard InChI is InChI=1S/C18H13F5N6S/c19-17(20,18(21,22)23)14-10-30-15(29-14)12(8-24)13-4-7-27-16(28-13)26-6-3-11-2-1-5-25-9-11/h1-2,4-5,7,9-10,29H,3,6H2,(H,26,27,28)/b15-12+. The van der Waals surface area contributed by atoms with Gasteiger partial charge in [-0.1, -0.05) is 17.8 Å². The van der Waals surface area contributed by atoms with Crippen molar-refractivity contribution in [3.8, 4) is 6.07 Å².